The van der Waals surface area contributed by atoms with Crippen molar-refractivity contribution < 1.29 is 9.59 Å². The number of anilines is 3. The molecule has 0 aliphatic heterocycles. The Labute approximate surface area is 184 Å². The van der Waals surface area contributed by atoms with Crippen LogP contribution in [-0.2, 0) is 0 Å². The molecule has 8 heteroatoms. The first-order valence-corrected chi connectivity index (χ1v) is 9.81. The summed E-state index contributed by atoms with van der Waals surface area (Å²) in [6.45, 7) is 1.94. The van der Waals surface area contributed by atoms with Gasteiger partial charge < -0.3 is 16.4 Å². The molecule has 2 aromatic carbocycles. The summed E-state index contributed by atoms with van der Waals surface area (Å²) >= 11 is 0. The fraction of sp³-hybridized carbons (Fsp3) is 0.0417. The highest BCUT2D eigenvalue weighted by molar-refractivity contribution is 6.05. The number of pyridine rings is 1. The number of hydrogen-bond acceptors (Lipinski definition) is 6. The van der Waals surface area contributed by atoms with Crippen molar-refractivity contribution in [1.82, 2.24) is 15.0 Å². The van der Waals surface area contributed by atoms with Gasteiger partial charge in [-0.1, -0.05) is 12.1 Å². The second-order valence-corrected chi connectivity index (χ2v) is 7.05. The number of aryl methyl sites for hydroxylation is 1. The van der Waals surface area contributed by atoms with Crippen molar-refractivity contribution in [2.24, 2.45) is 5.73 Å². The number of benzene rings is 2. The number of primary amides is 1. The van der Waals surface area contributed by atoms with Crippen LogP contribution < -0.4 is 16.4 Å². The maximum absolute atomic E-state index is 12.8. The van der Waals surface area contributed by atoms with E-state index in [1.807, 2.05) is 25.1 Å². The molecule has 4 aromatic rings. The number of nitrogens with two attached hydrogens (primary N) is 1. The number of nitrogens with one attached hydrogen (secondary N) is 2. The number of aromatic nitrogens is 3. The molecule has 2 heterocycles. The fourth-order valence-corrected chi connectivity index (χ4v) is 3.14. The van der Waals surface area contributed by atoms with Gasteiger partial charge in [0.25, 0.3) is 5.91 Å². The Morgan fingerprint density at radius 2 is 1.78 bits per heavy atom. The highest BCUT2D eigenvalue weighted by atomic mass is 16.2. The molecule has 0 radical (unpaired) electrons. The van der Waals surface area contributed by atoms with E-state index in [0.717, 1.165) is 22.5 Å². The third-order valence-corrected chi connectivity index (χ3v) is 4.82. The molecule has 0 aliphatic rings. The van der Waals surface area contributed by atoms with Gasteiger partial charge in [0, 0.05) is 40.5 Å². The van der Waals surface area contributed by atoms with Gasteiger partial charge in [-0.3, -0.25) is 9.59 Å². The Balaban J connectivity index is 1.60. The fourth-order valence-electron chi connectivity index (χ4n) is 3.14. The van der Waals surface area contributed by atoms with Crippen LogP contribution >= 0.6 is 0 Å². The maximum Gasteiger partial charge on any atom is 0.255 e. The van der Waals surface area contributed by atoms with E-state index in [2.05, 4.69) is 25.6 Å². The Bertz CT molecular complexity index is 1290. The van der Waals surface area contributed by atoms with Gasteiger partial charge in [-0.05, 0) is 61.0 Å². The van der Waals surface area contributed by atoms with Crippen molar-refractivity contribution >= 4 is 29.0 Å². The standard InChI is InChI=1S/C24H20N6O2/c1-15-7-8-17(24(32)29-18-5-2-4-16(12-18)22(25)31)13-21(15)30-23-19(6-3-10-27-23)20-9-11-26-14-28-20/h2-14H,1H3,(H2,25,31)(H,27,30)(H,29,32). The van der Waals surface area contributed by atoms with Crippen molar-refractivity contribution in [3.8, 4) is 11.3 Å². The predicted octanol–water partition coefficient (Wildman–Crippen LogP) is 3.94. The highest BCUT2D eigenvalue weighted by Crippen LogP contribution is 2.28. The number of carbonyl (C=O) groups excluding carboxylic acids is 2. The SMILES string of the molecule is Cc1ccc(C(=O)Nc2cccc(C(N)=O)c2)cc1Nc1ncccc1-c1ccncn1. The van der Waals surface area contributed by atoms with Crippen LogP contribution in [0.4, 0.5) is 17.2 Å². The molecule has 32 heavy (non-hydrogen) atoms. The zero-order chi connectivity index (χ0) is 22.5. The van der Waals surface area contributed by atoms with Crippen molar-refractivity contribution in [1.29, 1.82) is 0 Å². The van der Waals surface area contributed by atoms with Gasteiger partial charge in [0.1, 0.15) is 12.1 Å². The maximum atomic E-state index is 12.8. The van der Waals surface area contributed by atoms with E-state index in [0.29, 0.717) is 22.6 Å². The first-order valence-electron chi connectivity index (χ1n) is 9.81. The molecule has 2 aromatic heterocycles. The quantitative estimate of drug-likeness (QED) is 0.431. The van der Waals surface area contributed by atoms with Crippen molar-refractivity contribution in [2.75, 3.05) is 10.6 Å². The summed E-state index contributed by atoms with van der Waals surface area (Å²) in [5, 5.41) is 6.10. The van der Waals surface area contributed by atoms with E-state index < -0.39 is 5.91 Å². The van der Waals surface area contributed by atoms with Crippen LogP contribution in [0.2, 0.25) is 0 Å². The van der Waals surface area contributed by atoms with E-state index in [9.17, 15) is 9.59 Å². The first-order chi connectivity index (χ1) is 15.5. The van der Waals surface area contributed by atoms with Crippen LogP contribution in [0, 0.1) is 6.92 Å². The van der Waals surface area contributed by atoms with E-state index >= 15 is 0 Å². The summed E-state index contributed by atoms with van der Waals surface area (Å²) in [6.07, 6.45) is 4.84. The molecule has 4 rings (SSSR count). The van der Waals surface area contributed by atoms with E-state index in [-0.39, 0.29) is 5.91 Å². The number of nitrogens with zero attached hydrogens (tertiary/aromatic N) is 3. The molecule has 0 fully saturated rings. The van der Waals surface area contributed by atoms with E-state index in [1.165, 1.54) is 12.4 Å². The minimum Gasteiger partial charge on any atom is -0.366 e. The molecule has 0 bridgehead atoms. The van der Waals surface area contributed by atoms with Gasteiger partial charge in [0.15, 0.2) is 0 Å². The first kappa shape index (κ1) is 20.7. The average molecular weight is 424 g/mol. The molecule has 0 aliphatic carbocycles. The highest BCUT2D eigenvalue weighted by Gasteiger charge is 2.13. The molecule has 8 nitrogen and oxygen atoms in total. The molecule has 0 saturated carbocycles. The molecule has 0 unspecified atom stereocenters. The summed E-state index contributed by atoms with van der Waals surface area (Å²) in [5.41, 5.74) is 9.79. The second kappa shape index (κ2) is 9.05. The van der Waals surface area contributed by atoms with Crippen molar-refractivity contribution in [3.05, 3.63) is 96.1 Å². The number of carbonyl (C=O) groups is 2. The number of amides is 2. The third kappa shape index (κ3) is 4.59. The van der Waals surface area contributed by atoms with Crippen LogP contribution in [0.5, 0.6) is 0 Å². The number of rotatable bonds is 6. The van der Waals surface area contributed by atoms with Gasteiger partial charge >= 0.3 is 0 Å². The summed E-state index contributed by atoms with van der Waals surface area (Å²) in [4.78, 5) is 36.9. The topological polar surface area (TPSA) is 123 Å². The molecule has 158 valence electrons. The number of hydrogen-bond donors (Lipinski definition) is 3. The molecule has 4 N–H and O–H groups in total. The summed E-state index contributed by atoms with van der Waals surface area (Å²) < 4.78 is 0. The predicted molar refractivity (Wildman–Crippen MR) is 123 cm³/mol. The summed E-state index contributed by atoms with van der Waals surface area (Å²) in [7, 11) is 0. The van der Waals surface area contributed by atoms with Gasteiger partial charge in [-0.15, -0.1) is 0 Å². The zero-order valence-corrected chi connectivity index (χ0v) is 17.2. The van der Waals surface area contributed by atoms with Gasteiger partial charge in [0.05, 0.1) is 5.69 Å². The third-order valence-electron chi connectivity index (χ3n) is 4.82. The molecule has 0 saturated heterocycles. The lowest BCUT2D eigenvalue weighted by atomic mass is 10.1. The van der Waals surface area contributed by atoms with Gasteiger partial charge in [-0.2, -0.15) is 0 Å². The molecular formula is C24H20N6O2. The summed E-state index contributed by atoms with van der Waals surface area (Å²) in [6, 6.07) is 17.4. The Hall–Kier alpha value is -4.59. The smallest absolute Gasteiger partial charge is 0.255 e. The van der Waals surface area contributed by atoms with Crippen molar-refractivity contribution in [2.45, 2.75) is 6.92 Å². The van der Waals surface area contributed by atoms with Crippen LogP contribution in [0.1, 0.15) is 26.3 Å². The molecule has 0 atom stereocenters. The monoisotopic (exact) mass is 424 g/mol. The Morgan fingerprint density at radius 1 is 0.906 bits per heavy atom. The lowest BCUT2D eigenvalue weighted by Crippen LogP contribution is -2.14. The van der Waals surface area contributed by atoms with Crippen LogP contribution in [0.25, 0.3) is 11.3 Å². The molecule has 2 amide bonds. The van der Waals surface area contributed by atoms with Crippen LogP contribution in [0.3, 0.4) is 0 Å². The Kier molecular flexibility index (Phi) is 5.85. The second-order valence-electron chi connectivity index (χ2n) is 7.05. The summed E-state index contributed by atoms with van der Waals surface area (Å²) in [5.74, 6) is -0.259. The minimum atomic E-state index is -0.558. The largest absolute Gasteiger partial charge is 0.366 e. The lowest BCUT2D eigenvalue weighted by molar-refractivity contribution is 0.0996. The van der Waals surface area contributed by atoms with E-state index in [1.54, 1.807) is 48.8 Å². The Morgan fingerprint density at radius 3 is 2.56 bits per heavy atom. The van der Waals surface area contributed by atoms with Gasteiger partial charge in [-0.25, -0.2) is 15.0 Å². The zero-order valence-electron chi connectivity index (χ0n) is 17.2. The van der Waals surface area contributed by atoms with E-state index in [4.69, 9.17) is 5.73 Å². The minimum absolute atomic E-state index is 0.313. The van der Waals surface area contributed by atoms with Crippen molar-refractivity contribution in [3.63, 3.8) is 0 Å². The molecule has 0 spiro atoms. The molecular weight excluding hydrogens is 404 g/mol. The lowest BCUT2D eigenvalue weighted by Gasteiger charge is -2.14. The van der Waals surface area contributed by atoms with Crippen LogP contribution in [-0.4, -0.2) is 26.8 Å². The van der Waals surface area contributed by atoms with Gasteiger partial charge in [0.2, 0.25) is 5.91 Å². The van der Waals surface area contributed by atoms with Crippen LogP contribution in [0.15, 0.2) is 79.4 Å². The normalized spacial score (nSPS) is 10.4. The average Bonchev–Trinajstić information content (AvgIpc) is 2.81.